The zero-order chi connectivity index (χ0) is 20.3. The summed E-state index contributed by atoms with van der Waals surface area (Å²) in [6, 6.07) is 6.76. The van der Waals surface area contributed by atoms with E-state index in [0.717, 1.165) is 4.88 Å². The third kappa shape index (κ3) is 4.42. The molecule has 2 atom stereocenters. The van der Waals surface area contributed by atoms with Gasteiger partial charge in [-0.25, -0.2) is 4.98 Å². The Balaban J connectivity index is 1.67. The second-order valence-electron chi connectivity index (χ2n) is 6.37. The number of nitrogens with zero attached hydrogens (tertiary/aromatic N) is 1. The molecule has 28 heavy (non-hydrogen) atoms. The van der Waals surface area contributed by atoms with E-state index >= 15 is 0 Å². The van der Waals surface area contributed by atoms with E-state index in [9.17, 15) is 19.2 Å². The molecule has 0 spiro atoms. The van der Waals surface area contributed by atoms with Gasteiger partial charge in [0.05, 0.1) is 17.3 Å². The van der Waals surface area contributed by atoms with Crippen LogP contribution in [0.2, 0.25) is 0 Å². The lowest BCUT2D eigenvalue weighted by atomic mass is 9.93. The van der Waals surface area contributed by atoms with Gasteiger partial charge in [0.15, 0.2) is 6.10 Å². The number of pyridine rings is 1. The van der Waals surface area contributed by atoms with Crippen molar-refractivity contribution in [1.29, 1.82) is 0 Å². The Labute approximate surface area is 165 Å². The minimum atomic E-state index is -0.995. The fraction of sp³-hybridized carbons (Fsp3) is 0.316. The van der Waals surface area contributed by atoms with Gasteiger partial charge in [0.25, 0.3) is 0 Å². The highest BCUT2D eigenvalue weighted by Crippen LogP contribution is 2.32. The minimum Gasteiger partial charge on any atom is -0.454 e. The second kappa shape index (κ2) is 8.30. The lowest BCUT2D eigenvalue weighted by Crippen LogP contribution is -2.32. The Bertz CT molecular complexity index is 939. The van der Waals surface area contributed by atoms with Crippen LogP contribution in [0, 0.1) is 0 Å². The number of rotatable bonds is 6. The largest absolute Gasteiger partial charge is 0.454 e. The Kier molecular flexibility index (Phi) is 5.84. The molecule has 3 heterocycles. The summed E-state index contributed by atoms with van der Waals surface area (Å²) in [6.07, 6.45) is 0.469. The molecule has 2 aromatic rings. The molecule has 0 saturated carbocycles. The number of hydrogen-bond acceptors (Lipinski definition) is 7. The highest BCUT2D eigenvalue weighted by Gasteiger charge is 2.34. The smallest absolute Gasteiger partial charge is 0.314 e. The number of esters is 1. The first kappa shape index (κ1) is 19.7. The molecule has 1 aliphatic rings. The maximum absolute atomic E-state index is 12.6. The lowest BCUT2D eigenvalue weighted by molar-refractivity contribution is -0.149. The Morgan fingerprint density at radius 3 is 2.89 bits per heavy atom. The quantitative estimate of drug-likeness (QED) is 0.565. The number of hydrogen-bond donors (Lipinski definition) is 2. The topological polar surface area (TPSA) is 114 Å². The first-order valence-corrected chi connectivity index (χ1v) is 9.49. The summed E-state index contributed by atoms with van der Waals surface area (Å²) in [5.41, 5.74) is 0.570. The normalized spacial score (nSPS) is 16.5. The molecule has 9 heteroatoms. The number of amides is 2. The summed E-state index contributed by atoms with van der Waals surface area (Å²) in [5.74, 6) is -1.92. The summed E-state index contributed by atoms with van der Waals surface area (Å²) in [4.78, 5) is 53.3. The van der Waals surface area contributed by atoms with E-state index in [1.807, 2.05) is 0 Å². The Morgan fingerprint density at radius 2 is 2.14 bits per heavy atom. The highest BCUT2D eigenvalue weighted by atomic mass is 32.1. The van der Waals surface area contributed by atoms with E-state index in [-0.39, 0.29) is 24.0 Å². The molecule has 2 aromatic heterocycles. The maximum atomic E-state index is 12.6. The molecule has 0 saturated heterocycles. The average molecular weight is 401 g/mol. The predicted octanol–water partition coefficient (Wildman–Crippen LogP) is 2.02. The van der Waals surface area contributed by atoms with Crippen LogP contribution in [-0.2, 0) is 25.7 Å². The molecule has 0 aromatic carbocycles. The maximum Gasteiger partial charge on any atom is 0.314 e. The van der Waals surface area contributed by atoms with Gasteiger partial charge in [-0.2, -0.15) is 0 Å². The third-order valence-corrected chi connectivity index (χ3v) is 5.32. The van der Waals surface area contributed by atoms with Gasteiger partial charge >= 0.3 is 5.97 Å². The Hall–Kier alpha value is -3.07. The minimum absolute atomic E-state index is 0.0572. The number of aromatic nitrogens is 1. The molecule has 0 aliphatic carbocycles. The van der Waals surface area contributed by atoms with Crippen molar-refractivity contribution in [3.63, 3.8) is 0 Å². The predicted molar refractivity (Wildman–Crippen MR) is 102 cm³/mol. The van der Waals surface area contributed by atoms with Crippen LogP contribution >= 0.6 is 11.3 Å². The van der Waals surface area contributed by atoms with E-state index < -0.39 is 18.0 Å². The van der Waals surface area contributed by atoms with Gasteiger partial charge in [0, 0.05) is 30.0 Å². The number of Topliss-reactive ketones (excluding diaryl/α,β-unsaturated/α-hetero) is 1. The number of carbonyl (C=O) groups excluding carboxylic acids is 4. The summed E-state index contributed by atoms with van der Waals surface area (Å²) in [5, 5.41) is 5.28. The summed E-state index contributed by atoms with van der Waals surface area (Å²) in [7, 11) is 0. The number of thiophene rings is 1. The van der Waals surface area contributed by atoms with Gasteiger partial charge in [-0.3, -0.25) is 19.2 Å². The zero-order valence-corrected chi connectivity index (χ0v) is 16.2. The number of anilines is 1. The van der Waals surface area contributed by atoms with Crippen LogP contribution in [-0.4, -0.2) is 34.7 Å². The van der Waals surface area contributed by atoms with Crippen LogP contribution in [0.25, 0.3) is 0 Å². The summed E-state index contributed by atoms with van der Waals surface area (Å²) < 4.78 is 5.36. The summed E-state index contributed by atoms with van der Waals surface area (Å²) >= 11 is 1.23. The van der Waals surface area contributed by atoms with Gasteiger partial charge in [0.2, 0.25) is 17.6 Å². The van der Waals surface area contributed by atoms with Crippen molar-refractivity contribution in [2.45, 2.75) is 38.8 Å². The van der Waals surface area contributed by atoms with E-state index in [1.165, 1.54) is 31.4 Å². The van der Waals surface area contributed by atoms with E-state index in [1.54, 1.807) is 24.3 Å². The molecule has 0 fully saturated rings. The molecule has 8 nitrogen and oxygen atoms in total. The molecule has 0 bridgehead atoms. The van der Waals surface area contributed by atoms with Gasteiger partial charge < -0.3 is 15.4 Å². The molecule has 1 aliphatic heterocycles. The standard InChI is InChI=1S/C19H19N3O5S/c1-10(17(25)15-6-5-12(28-15)9-21-11(2)23)27-19(26)14-8-16(24)22-18-13(14)4-3-7-20-18/h3-7,10,14H,8-9H2,1-2H3,(H,21,23)(H,20,22,24). The number of fused-ring (bicyclic) bond motifs is 1. The van der Waals surface area contributed by atoms with E-state index in [0.29, 0.717) is 22.8 Å². The lowest BCUT2D eigenvalue weighted by Gasteiger charge is -2.24. The van der Waals surface area contributed by atoms with Crippen molar-refractivity contribution in [3.05, 3.63) is 45.8 Å². The van der Waals surface area contributed by atoms with Crippen molar-refractivity contribution in [1.82, 2.24) is 10.3 Å². The van der Waals surface area contributed by atoms with E-state index in [2.05, 4.69) is 15.6 Å². The average Bonchev–Trinajstić information content (AvgIpc) is 3.13. The second-order valence-corrected chi connectivity index (χ2v) is 7.53. The van der Waals surface area contributed by atoms with Gasteiger partial charge in [-0.15, -0.1) is 11.3 Å². The fourth-order valence-electron chi connectivity index (χ4n) is 2.82. The first-order chi connectivity index (χ1) is 13.3. The fourth-order valence-corrected chi connectivity index (χ4v) is 3.78. The first-order valence-electron chi connectivity index (χ1n) is 8.67. The number of ether oxygens (including phenoxy) is 1. The number of nitrogens with one attached hydrogen (secondary N) is 2. The molecule has 3 rings (SSSR count). The third-order valence-electron chi connectivity index (χ3n) is 4.22. The monoisotopic (exact) mass is 401 g/mol. The van der Waals surface area contributed by atoms with E-state index in [4.69, 9.17) is 4.74 Å². The van der Waals surface area contributed by atoms with Crippen LogP contribution in [0.15, 0.2) is 30.5 Å². The zero-order valence-electron chi connectivity index (χ0n) is 15.4. The van der Waals surface area contributed by atoms with Crippen molar-refractivity contribution >= 4 is 40.7 Å². The summed E-state index contributed by atoms with van der Waals surface area (Å²) in [6.45, 7) is 3.25. The molecule has 0 radical (unpaired) electrons. The van der Waals surface area contributed by atoms with Crippen LogP contribution in [0.3, 0.4) is 0 Å². The van der Waals surface area contributed by atoms with Gasteiger partial charge in [-0.1, -0.05) is 6.07 Å². The molecular formula is C19H19N3O5S. The molecule has 146 valence electrons. The van der Waals surface area contributed by atoms with Gasteiger partial charge in [0.1, 0.15) is 5.82 Å². The SMILES string of the molecule is CC(=O)NCc1ccc(C(=O)C(C)OC(=O)C2CC(=O)Nc3ncccc32)s1. The molecule has 2 unspecified atom stereocenters. The van der Waals surface area contributed by atoms with Gasteiger partial charge in [-0.05, 0) is 25.1 Å². The van der Waals surface area contributed by atoms with Crippen LogP contribution in [0.5, 0.6) is 0 Å². The molecule has 2 N–H and O–H groups in total. The van der Waals surface area contributed by atoms with Crippen LogP contribution in [0.4, 0.5) is 5.82 Å². The Morgan fingerprint density at radius 1 is 1.36 bits per heavy atom. The van der Waals surface area contributed by atoms with Crippen molar-refractivity contribution < 1.29 is 23.9 Å². The van der Waals surface area contributed by atoms with Crippen LogP contribution < -0.4 is 10.6 Å². The molecule has 2 amide bonds. The number of ketones is 1. The molecular weight excluding hydrogens is 382 g/mol. The van der Waals surface area contributed by atoms with Crippen molar-refractivity contribution in [3.8, 4) is 0 Å². The number of carbonyl (C=O) groups is 4. The highest BCUT2D eigenvalue weighted by molar-refractivity contribution is 7.14. The van der Waals surface area contributed by atoms with Crippen molar-refractivity contribution in [2.24, 2.45) is 0 Å². The van der Waals surface area contributed by atoms with Crippen LogP contribution in [0.1, 0.15) is 46.3 Å². The van der Waals surface area contributed by atoms with Crippen molar-refractivity contribution in [2.75, 3.05) is 5.32 Å².